The summed E-state index contributed by atoms with van der Waals surface area (Å²) in [5.74, 6) is 0.735. The molecule has 16 heavy (non-hydrogen) atoms. The Labute approximate surface area is 95.5 Å². The van der Waals surface area contributed by atoms with Gasteiger partial charge in [-0.25, -0.2) is 0 Å². The maximum atomic E-state index is 12.6. The summed E-state index contributed by atoms with van der Waals surface area (Å²) in [6.07, 6.45) is -2.05. The number of aromatic nitrogens is 1. The standard InChI is InChI=1S/C10H12F3NOS/c1-16-7-3-6-14-8(10(11,12)13)4-2-5-9(14)15/h2,4-5H,3,6-7H2,1H3. The van der Waals surface area contributed by atoms with Gasteiger partial charge in [-0.15, -0.1) is 0 Å². The van der Waals surface area contributed by atoms with Crippen LogP contribution in [0.2, 0.25) is 0 Å². The third-order valence-electron chi connectivity index (χ3n) is 2.07. The molecule has 0 aliphatic carbocycles. The largest absolute Gasteiger partial charge is 0.431 e. The van der Waals surface area contributed by atoms with E-state index in [9.17, 15) is 18.0 Å². The Bertz CT molecular complexity index is 400. The van der Waals surface area contributed by atoms with Crippen LogP contribution in [0.15, 0.2) is 23.0 Å². The molecule has 0 amide bonds. The lowest BCUT2D eigenvalue weighted by Crippen LogP contribution is -2.27. The Kier molecular flexibility index (Phi) is 4.46. The number of rotatable bonds is 4. The van der Waals surface area contributed by atoms with Gasteiger partial charge in [0.15, 0.2) is 0 Å². The van der Waals surface area contributed by atoms with E-state index in [1.807, 2.05) is 6.26 Å². The molecule has 90 valence electrons. The van der Waals surface area contributed by atoms with Crippen LogP contribution in [-0.4, -0.2) is 16.6 Å². The van der Waals surface area contributed by atoms with Gasteiger partial charge in [0.2, 0.25) is 0 Å². The Morgan fingerprint density at radius 1 is 1.38 bits per heavy atom. The maximum Gasteiger partial charge on any atom is 0.431 e. The summed E-state index contributed by atoms with van der Waals surface area (Å²) < 4.78 is 38.5. The van der Waals surface area contributed by atoms with Crippen molar-refractivity contribution in [3.05, 3.63) is 34.2 Å². The van der Waals surface area contributed by atoms with Gasteiger partial charge in [-0.1, -0.05) is 6.07 Å². The summed E-state index contributed by atoms with van der Waals surface area (Å²) in [5.41, 5.74) is -1.47. The topological polar surface area (TPSA) is 22.0 Å². The molecule has 0 saturated carbocycles. The van der Waals surface area contributed by atoms with Gasteiger partial charge in [0, 0.05) is 12.6 Å². The number of halogens is 3. The third-order valence-corrected chi connectivity index (χ3v) is 2.77. The minimum absolute atomic E-state index is 0.107. The fourth-order valence-electron chi connectivity index (χ4n) is 1.37. The minimum atomic E-state index is -4.47. The fourth-order valence-corrected chi connectivity index (χ4v) is 1.78. The van der Waals surface area contributed by atoms with Crippen LogP contribution in [-0.2, 0) is 12.7 Å². The van der Waals surface area contributed by atoms with E-state index in [4.69, 9.17) is 0 Å². The van der Waals surface area contributed by atoms with Crippen molar-refractivity contribution in [1.29, 1.82) is 0 Å². The highest BCUT2D eigenvalue weighted by Crippen LogP contribution is 2.28. The first kappa shape index (κ1) is 13.2. The molecule has 1 heterocycles. The average molecular weight is 251 g/mol. The van der Waals surface area contributed by atoms with E-state index in [0.29, 0.717) is 6.42 Å². The van der Waals surface area contributed by atoms with Crippen LogP contribution in [0.25, 0.3) is 0 Å². The van der Waals surface area contributed by atoms with Gasteiger partial charge in [0.05, 0.1) is 0 Å². The molecule has 0 radical (unpaired) electrons. The van der Waals surface area contributed by atoms with Gasteiger partial charge < -0.3 is 4.57 Å². The average Bonchev–Trinajstić information content (AvgIpc) is 2.19. The van der Waals surface area contributed by atoms with E-state index in [-0.39, 0.29) is 6.54 Å². The van der Waals surface area contributed by atoms with Crippen molar-refractivity contribution in [2.75, 3.05) is 12.0 Å². The van der Waals surface area contributed by atoms with Crippen LogP contribution in [0.1, 0.15) is 12.1 Å². The first-order valence-electron chi connectivity index (χ1n) is 4.73. The van der Waals surface area contributed by atoms with Gasteiger partial charge in [-0.2, -0.15) is 24.9 Å². The van der Waals surface area contributed by atoms with Crippen LogP contribution < -0.4 is 5.56 Å². The molecule has 0 aliphatic heterocycles. The highest BCUT2D eigenvalue weighted by molar-refractivity contribution is 7.98. The van der Waals surface area contributed by atoms with Gasteiger partial charge >= 0.3 is 6.18 Å². The predicted octanol–water partition coefficient (Wildman–Crippen LogP) is 2.62. The molecule has 0 N–H and O–H groups in total. The lowest BCUT2D eigenvalue weighted by molar-refractivity contribution is -0.144. The van der Waals surface area contributed by atoms with Crippen molar-refractivity contribution in [3.63, 3.8) is 0 Å². The molecule has 0 unspecified atom stereocenters. The van der Waals surface area contributed by atoms with Gasteiger partial charge in [-0.3, -0.25) is 4.79 Å². The zero-order chi connectivity index (χ0) is 12.2. The van der Waals surface area contributed by atoms with E-state index in [1.54, 1.807) is 11.8 Å². The summed E-state index contributed by atoms with van der Waals surface area (Å²) in [6, 6.07) is 3.21. The van der Waals surface area contributed by atoms with Crippen molar-refractivity contribution in [2.45, 2.75) is 19.1 Å². The van der Waals surface area contributed by atoms with E-state index in [2.05, 4.69) is 0 Å². The van der Waals surface area contributed by atoms with E-state index < -0.39 is 17.4 Å². The molecule has 0 aliphatic rings. The van der Waals surface area contributed by atoms with E-state index in [0.717, 1.165) is 28.5 Å². The first-order valence-corrected chi connectivity index (χ1v) is 6.12. The first-order chi connectivity index (χ1) is 7.46. The highest BCUT2D eigenvalue weighted by atomic mass is 32.2. The Balaban J connectivity index is 3.00. The molecule has 0 atom stereocenters. The summed E-state index contributed by atoms with van der Waals surface area (Å²) in [5, 5.41) is 0. The van der Waals surface area contributed by atoms with Crippen LogP contribution in [0, 0.1) is 0 Å². The van der Waals surface area contributed by atoms with Crippen LogP contribution >= 0.6 is 11.8 Å². The van der Waals surface area contributed by atoms with Crippen LogP contribution in [0.3, 0.4) is 0 Å². The Morgan fingerprint density at radius 2 is 2.06 bits per heavy atom. The molecule has 0 saturated heterocycles. The molecule has 0 bridgehead atoms. The van der Waals surface area contributed by atoms with Crippen molar-refractivity contribution < 1.29 is 13.2 Å². The Morgan fingerprint density at radius 3 is 2.62 bits per heavy atom. The lowest BCUT2D eigenvalue weighted by Gasteiger charge is -2.14. The van der Waals surface area contributed by atoms with Crippen molar-refractivity contribution in [2.24, 2.45) is 0 Å². The second kappa shape index (κ2) is 5.43. The van der Waals surface area contributed by atoms with Crippen LogP contribution in [0.4, 0.5) is 13.2 Å². The van der Waals surface area contributed by atoms with Crippen molar-refractivity contribution in [3.8, 4) is 0 Å². The summed E-state index contributed by atoms with van der Waals surface area (Å²) >= 11 is 1.54. The van der Waals surface area contributed by atoms with E-state index >= 15 is 0 Å². The Hall–Kier alpha value is -0.910. The molecule has 6 heteroatoms. The SMILES string of the molecule is CSCCCn1c(C(F)(F)F)cccc1=O. The number of thioether (sulfide) groups is 1. The fraction of sp³-hybridized carbons (Fsp3) is 0.500. The minimum Gasteiger partial charge on any atom is -0.304 e. The molecular weight excluding hydrogens is 239 g/mol. The zero-order valence-electron chi connectivity index (χ0n) is 8.75. The van der Waals surface area contributed by atoms with Gasteiger partial charge in [0.1, 0.15) is 5.69 Å². The number of pyridine rings is 1. The normalized spacial score (nSPS) is 11.8. The molecule has 1 rings (SSSR count). The smallest absolute Gasteiger partial charge is 0.304 e. The molecular formula is C10H12F3NOS. The molecule has 1 aromatic heterocycles. The highest BCUT2D eigenvalue weighted by Gasteiger charge is 2.33. The second-order valence-electron chi connectivity index (χ2n) is 3.25. The summed E-state index contributed by atoms with van der Waals surface area (Å²) in [6.45, 7) is 0.107. The van der Waals surface area contributed by atoms with E-state index in [1.165, 1.54) is 0 Å². The third kappa shape index (κ3) is 3.30. The maximum absolute atomic E-state index is 12.6. The molecule has 1 aromatic rings. The van der Waals surface area contributed by atoms with Crippen LogP contribution in [0.5, 0.6) is 0 Å². The second-order valence-corrected chi connectivity index (χ2v) is 4.23. The van der Waals surface area contributed by atoms with Crippen molar-refractivity contribution >= 4 is 11.8 Å². The number of alkyl halides is 3. The number of nitrogens with zero attached hydrogens (tertiary/aromatic N) is 1. The molecule has 0 fully saturated rings. The summed E-state index contributed by atoms with van der Waals surface area (Å²) in [7, 11) is 0. The number of hydrogen-bond acceptors (Lipinski definition) is 2. The van der Waals surface area contributed by atoms with Gasteiger partial charge in [0.25, 0.3) is 5.56 Å². The lowest BCUT2D eigenvalue weighted by atomic mass is 10.3. The summed E-state index contributed by atoms with van der Waals surface area (Å²) in [4.78, 5) is 11.3. The van der Waals surface area contributed by atoms with Gasteiger partial charge in [-0.05, 0) is 24.5 Å². The van der Waals surface area contributed by atoms with Crippen molar-refractivity contribution in [1.82, 2.24) is 4.57 Å². The molecule has 0 aromatic carbocycles. The quantitative estimate of drug-likeness (QED) is 0.767. The molecule has 0 spiro atoms. The number of hydrogen-bond donors (Lipinski definition) is 0. The predicted molar refractivity (Wildman–Crippen MR) is 58.7 cm³/mol. The zero-order valence-corrected chi connectivity index (χ0v) is 9.57. The monoisotopic (exact) mass is 251 g/mol. The molecule has 2 nitrogen and oxygen atoms in total.